The molecule has 0 N–H and O–H groups in total. The first-order valence-corrected chi connectivity index (χ1v) is 9.41. The molecule has 0 aliphatic rings. The van der Waals surface area contributed by atoms with Crippen molar-refractivity contribution < 1.29 is 18.7 Å². The van der Waals surface area contributed by atoms with Gasteiger partial charge in [0.15, 0.2) is 6.61 Å². The maximum atomic E-state index is 11.2. The van der Waals surface area contributed by atoms with Crippen LogP contribution in [0.3, 0.4) is 0 Å². The second-order valence-electron chi connectivity index (χ2n) is 6.13. The largest absolute Gasteiger partial charge is 0.482 e. The minimum Gasteiger partial charge on any atom is -0.482 e. The van der Waals surface area contributed by atoms with E-state index < -0.39 is 15.0 Å². The van der Waals surface area contributed by atoms with Gasteiger partial charge in [0.25, 0.3) is 0 Å². The van der Waals surface area contributed by atoms with E-state index >= 15 is 0 Å². The number of carbonyl (C=O) groups excluding carboxylic acids is 1. The summed E-state index contributed by atoms with van der Waals surface area (Å²) in [5.41, 5.74) is 2.24. The number of benzene rings is 1. The van der Waals surface area contributed by atoms with Crippen molar-refractivity contribution in [2.24, 2.45) is 0 Å². The number of methoxy groups -OCH3 is 1. The van der Waals surface area contributed by atoms with Gasteiger partial charge in [-0.25, -0.2) is 4.79 Å². The Bertz CT molecular complexity index is 478. The van der Waals surface area contributed by atoms with Crippen molar-refractivity contribution in [3.63, 3.8) is 0 Å². The maximum Gasteiger partial charge on any atom is 0.343 e. The standard InChI is InChI=1S/C16H25O4Si/c1-16(2,3)13-7-8-14(19-11-15(17)18-4)12(9-13)10-20-21(5)6/h7-9H,10-11H2,1-6H3. The lowest BCUT2D eigenvalue weighted by Crippen LogP contribution is -2.16. The summed E-state index contributed by atoms with van der Waals surface area (Å²) in [4.78, 5) is 11.2. The number of esters is 1. The van der Waals surface area contributed by atoms with E-state index in [-0.39, 0.29) is 12.0 Å². The zero-order chi connectivity index (χ0) is 16.0. The molecule has 5 heteroatoms. The fraction of sp³-hybridized carbons (Fsp3) is 0.562. The van der Waals surface area contributed by atoms with Crippen LogP contribution in [-0.4, -0.2) is 28.7 Å². The summed E-state index contributed by atoms with van der Waals surface area (Å²) in [6.07, 6.45) is 0. The van der Waals surface area contributed by atoms with Crippen LogP contribution < -0.4 is 4.74 Å². The van der Waals surface area contributed by atoms with E-state index in [2.05, 4.69) is 44.7 Å². The minimum atomic E-state index is -0.779. The van der Waals surface area contributed by atoms with Gasteiger partial charge in [0, 0.05) is 5.56 Å². The Morgan fingerprint density at radius 1 is 1.24 bits per heavy atom. The molecule has 1 aromatic rings. The van der Waals surface area contributed by atoms with Gasteiger partial charge in [0.1, 0.15) is 5.75 Å². The van der Waals surface area contributed by atoms with Crippen molar-refractivity contribution in [2.45, 2.75) is 45.9 Å². The average molecular weight is 309 g/mol. The van der Waals surface area contributed by atoms with Gasteiger partial charge >= 0.3 is 5.97 Å². The second-order valence-corrected chi connectivity index (χ2v) is 8.24. The zero-order valence-corrected chi connectivity index (χ0v) is 14.8. The van der Waals surface area contributed by atoms with E-state index in [1.807, 2.05) is 12.1 Å². The molecular weight excluding hydrogens is 284 g/mol. The van der Waals surface area contributed by atoms with E-state index in [9.17, 15) is 4.79 Å². The molecule has 1 rings (SSSR count). The molecule has 0 unspecified atom stereocenters. The van der Waals surface area contributed by atoms with Crippen LogP contribution in [0.2, 0.25) is 13.1 Å². The van der Waals surface area contributed by atoms with E-state index in [0.717, 1.165) is 5.56 Å². The normalized spacial score (nSPS) is 11.6. The summed E-state index contributed by atoms with van der Waals surface area (Å²) in [5, 5.41) is 0. The third kappa shape index (κ3) is 5.89. The fourth-order valence-corrected chi connectivity index (χ4v) is 2.16. The Balaban J connectivity index is 2.96. The minimum absolute atomic E-state index is 0.0574. The van der Waals surface area contributed by atoms with Crippen molar-refractivity contribution in [3.05, 3.63) is 29.3 Å². The Morgan fingerprint density at radius 3 is 2.43 bits per heavy atom. The lowest BCUT2D eigenvalue weighted by molar-refractivity contribution is -0.142. The first kappa shape index (κ1) is 17.7. The Kier molecular flexibility index (Phi) is 6.42. The van der Waals surface area contributed by atoms with Crippen LogP contribution in [-0.2, 0) is 26.0 Å². The zero-order valence-electron chi connectivity index (χ0n) is 13.8. The Labute approximate surface area is 129 Å². The molecular formula is C16H25O4Si. The van der Waals surface area contributed by atoms with Crippen LogP contribution in [0.5, 0.6) is 5.75 Å². The van der Waals surface area contributed by atoms with Gasteiger partial charge in [-0.2, -0.15) is 0 Å². The number of carbonyl (C=O) groups is 1. The van der Waals surface area contributed by atoms with Crippen molar-refractivity contribution in [2.75, 3.05) is 13.7 Å². The summed E-state index contributed by atoms with van der Waals surface area (Å²) in [5.74, 6) is 0.286. The molecule has 4 nitrogen and oxygen atoms in total. The van der Waals surface area contributed by atoms with Crippen LogP contribution in [0.4, 0.5) is 0 Å². The molecule has 0 aliphatic carbocycles. The van der Waals surface area contributed by atoms with Crippen LogP contribution in [0.15, 0.2) is 18.2 Å². The molecule has 0 aromatic heterocycles. The molecule has 1 aromatic carbocycles. The topological polar surface area (TPSA) is 44.8 Å². The average Bonchev–Trinajstić information content (AvgIpc) is 2.41. The number of hydrogen-bond donors (Lipinski definition) is 0. The number of ether oxygens (including phenoxy) is 2. The molecule has 0 fully saturated rings. The molecule has 0 atom stereocenters. The van der Waals surface area contributed by atoms with Crippen molar-refractivity contribution in [1.29, 1.82) is 0 Å². The van der Waals surface area contributed by atoms with Crippen LogP contribution >= 0.6 is 0 Å². The third-order valence-corrected chi connectivity index (χ3v) is 3.74. The van der Waals surface area contributed by atoms with Crippen molar-refractivity contribution >= 4 is 15.0 Å². The Morgan fingerprint density at radius 2 is 1.90 bits per heavy atom. The van der Waals surface area contributed by atoms with Gasteiger partial charge in [0.2, 0.25) is 9.04 Å². The third-order valence-electron chi connectivity index (χ3n) is 3.02. The van der Waals surface area contributed by atoms with E-state index in [1.54, 1.807) is 0 Å². The predicted octanol–water partition coefficient (Wildman–Crippen LogP) is 3.30. The maximum absolute atomic E-state index is 11.2. The quantitative estimate of drug-likeness (QED) is 0.597. The highest BCUT2D eigenvalue weighted by Gasteiger charge is 2.17. The van der Waals surface area contributed by atoms with E-state index in [0.29, 0.717) is 12.4 Å². The molecule has 21 heavy (non-hydrogen) atoms. The van der Waals surface area contributed by atoms with Crippen LogP contribution in [0.1, 0.15) is 31.9 Å². The van der Waals surface area contributed by atoms with Gasteiger partial charge < -0.3 is 13.9 Å². The summed E-state index contributed by atoms with van der Waals surface area (Å²) in [7, 11) is 0.570. The highest BCUT2D eigenvalue weighted by atomic mass is 28.3. The highest BCUT2D eigenvalue weighted by Crippen LogP contribution is 2.28. The summed E-state index contributed by atoms with van der Waals surface area (Å²) in [6, 6.07) is 6.03. The molecule has 117 valence electrons. The molecule has 0 saturated carbocycles. The van der Waals surface area contributed by atoms with Crippen molar-refractivity contribution in [3.8, 4) is 5.75 Å². The fourth-order valence-electron chi connectivity index (χ4n) is 1.72. The van der Waals surface area contributed by atoms with Crippen LogP contribution in [0, 0.1) is 0 Å². The summed E-state index contributed by atoms with van der Waals surface area (Å²) >= 11 is 0. The first-order valence-electron chi connectivity index (χ1n) is 7.00. The highest BCUT2D eigenvalue weighted by molar-refractivity contribution is 6.48. The lowest BCUT2D eigenvalue weighted by Gasteiger charge is -2.21. The van der Waals surface area contributed by atoms with Crippen LogP contribution in [0.25, 0.3) is 0 Å². The molecule has 0 saturated heterocycles. The summed E-state index contributed by atoms with van der Waals surface area (Å²) < 4.78 is 15.9. The molecule has 0 bridgehead atoms. The van der Waals surface area contributed by atoms with Gasteiger partial charge in [0.05, 0.1) is 13.7 Å². The number of hydrogen-bond acceptors (Lipinski definition) is 4. The number of rotatable bonds is 6. The molecule has 0 aliphatic heterocycles. The Hall–Kier alpha value is -1.33. The van der Waals surface area contributed by atoms with Gasteiger partial charge in [-0.1, -0.05) is 26.8 Å². The second kappa shape index (κ2) is 7.61. The van der Waals surface area contributed by atoms with Gasteiger partial charge in [-0.05, 0) is 36.2 Å². The lowest BCUT2D eigenvalue weighted by atomic mass is 9.86. The SMILES string of the molecule is COC(=O)COc1ccc(C(C)(C)C)cc1CO[Si](C)C. The first-order chi connectivity index (χ1) is 9.74. The smallest absolute Gasteiger partial charge is 0.343 e. The van der Waals surface area contributed by atoms with E-state index in [1.165, 1.54) is 12.7 Å². The van der Waals surface area contributed by atoms with Gasteiger partial charge in [-0.3, -0.25) is 0 Å². The predicted molar refractivity (Wildman–Crippen MR) is 84.9 cm³/mol. The molecule has 0 heterocycles. The molecule has 0 spiro atoms. The van der Waals surface area contributed by atoms with E-state index in [4.69, 9.17) is 9.16 Å². The molecule has 1 radical (unpaired) electrons. The summed E-state index contributed by atoms with van der Waals surface area (Å²) in [6.45, 7) is 11.1. The van der Waals surface area contributed by atoms with Crippen molar-refractivity contribution in [1.82, 2.24) is 0 Å². The van der Waals surface area contributed by atoms with Gasteiger partial charge in [-0.15, -0.1) is 0 Å². The molecule has 0 amide bonds. The monoisotopic (exact) mass is 309 g/mol.